The predicted molar refractivity (Wildman–Crippen MR) is 63.0 cm³/mol. The fraction of sp³-hybridized carbons (Fsp3) is 0.769. The molecule has 1 atom stereocenters. The first-order chi connectivity index (χ1) is 7.40. The largest absolute Gasteiger partial charge is 0.458 e. The van der Waals surface area contributed by atoms with E-state index in [2.05, 4.69) is 0 Å². The molecule has 0 bridgehead atoms. The Balaban J connectivity index is 2.58. The molecule has 0 aromatic carbocycles. The summed E-state index contributed by atoms with van der Waals surface area (Å²) < 4.78 is 5.16. The highest BCUT2D eigenvalue weighted by molar-refractivity contribution is 5.78. The minimum absolute atomic E-state index is 0.527. The first-order valence-electron chi connectivity index (χ1n) is 6.00. The summed E-state index contributed by atoms with van der Waals surface area (Å²) in [6, 6.07) is 0. The number of ether oxygens (including phenoxy) is 1. The molecule has 0 fully saturated rings. The van der Waals surface area contributed by atoms with Gasteiger partial charge in [0.25, 0.3) is 0 Å². The monoisotopic (exact) mass is 226 g/mol. The van der Waals surface area contributed by atoms with Gasteiger partial charge in [-0.2, -0.15) is 0 Å². The van der Waals surface area contributed by atoms with Gasteiger partial charge in [-0.25, -0.2) is 4.79 Å². The van der Waals surface area contributed by atoms with Crippen LogP contribution in [0.1, 0.15) is 52.9 Å². The molecule has 1 unspecified atom stereocenters. The molecule has 0 saturated carbocycles. The fourth-order valence-corrected chi connectivity index (χ4v) is 1.80. The van der Waals surface area contributed by atoms with Crippen LogP contribution in [0.5, 0.6) is 0 Å². The third-order valence-corrected chi connectivity index (χ3v) is 2.56. The molecule has 0 heterocycles. The van der Waals surface area contributed by atoms with Crippen molar-refractivity contribution in [2.45, 2.75) is 64.6 Å². The summed E-state index contributed by atoms with van der Waals surface area (Å²) in [5, 5.41) is 9.89. The number of aliphatic hydroxyl groups is 1. The van der Waals surface area contributed by atoms with Crippen LogP contribution < -0.4 is 0 Å². The quantitative estimate of drug-likeness (QED) is 0.581. The first kappa shape index (κ1) is 13.2. The fourth-order valence-electron chi connectivity index (χ4n) is 1.80. The van der Waals surface area contributed by atoms with Gasteiger partial charge in [0.1, 0.15) is 5.60 Å². The topological polar surface area (TPSA) is 46.5 Å². The lowest BCUT2D eigenvalue weighted by Gasteiger charge is -2.22. The van der Waals surface area contributed by atoms with Crippen LogP contribution in [0.3, 0.4) is 0 Å². The smallest absolute Gasteiger partial charge is 0.339 e. The summed E-state index contributed by atoms with van der Waals surface area (Å²) in [5.74, 6) is -0.527. The Hall–Kier alpha value is -0.830. The van der Waals surface area contributed by atoms with Gasteiger partial charge in [-0.15, -0.1) is 0 Å². The number of carbonyl (C=O) groups is 1. The number of carbonyl (C=O) groups excluding carboxylic acids is 1. The molecule has 1 rings (SSSR count). The van der Waals surface area contributed by atoms with Gasteiger partial charge < -0.3 is 9.84 Å². The van der Waals surface area contributed by atoms with Gasteiger partial charge in [-0.3, -0.25) is 0 Å². The van der Waals surface area contributed by atoms with Crippen molar-refractivity contribution in [3.05, 3.63) is 11.6 Å². The molecule has 0 aromatic rings. The van der Waals surface area contributed by atoms with Crippen molar-refractivity contribution < 1.29 is 14.6 Å². The molecule has 92 valence electrons. The van der Waals surface area contributed by atoms with Crippen molar-refractivity contribution in [1.82, 2.24) is 0 Å². The van der Waals surface area contributed by atoms with Gasteiger partial charge in [0.05, 0.1) is 0 Å². The zero-order valence-corrected chi connectivity index (χ0v) is 10.5. The zero-order chi connectivity index (χ0) is 12.2. The molecule has 0 spiro atoms. The summed E-state index contributed by atoms with van der Waals surface area (Å²) in [4.78, 5) is 11.7. The predicted octanol–water partition coefficient (Wildman–Crippen LogP) is 2.58. The van der Waals surface area contributed by atoms with Crippen LogP contribution in [0.4, 0.5) is 0 Å². The maximum atomic E-state index is 11.7. The normalized spacial score (nSPS) is 19.6. The molecule has 1 N–H and O–H groups in total. The Bertz CT molecular complexity index is 273. The first-order valence-corrected chi connectivity index (χ1v) is 6.00. The lowest BCUT2D eigenvalue weighted by Crippen LogP contribution is -2.32. The Morgan fingerprint density at radius 3 is 2.69 bits per heavy atom. The van der Waals surface area contributed by atoms with E-state index in [4.69, 9.17) is 4.74 Å². The Morgan fingerprint density at radius 1 is 1.38 bits per heavy atom. The molecule has 0 saturated heterocycles. The van der Waals surface area contributed by atoms with Crippen LogP contribution in [0.25, 0.3) is 0 Å². The van der Waals surface area contributed by atoms with E-state index in [1.807, 2.05) is 6.08 Å². The van der Waals surface area contributed by atoms with E-state index in [-0.39, 0.29) is 0 Å². The number of esters is 1. The highest BCUT2D eigenvalue weighted by Gasteiger charge is 2.26. The van der Waals surface area contributed by atoms with E-state index >= 15 is 0 Å². The van der Waals surface area contributed by atoms with Crippen molar-refractivity contribution in [3.63, 3.8) is 0 Å². The highest BCUT2D eigenvalue weighted by Crippen LogP contribution is 2.21. The summed E-state index contributed by atoms with van der Waals surface area (Å²) in [6.07, 6.45) is 6.03. The van der Waals surface area contributed by atoms with Gasteiger partial charge in [-0.05, 0) is 52.0 Å². The Kier molecular flexibility index (Phi) is 4.54. The van der Waals surface area contributed by atoms with Crippen molar-refractivity contribution in [3.8, 4) is 0 Å². The van der Waals surface area contributed by atoms with Crippen molar-refractivity contribution in [2.24, 2.45) is 0 Å². The van der Waals surface area contributed by atoms with E-state index in [1.165, 1.54) is 6.42 Å². The Labute approximate surface area is 97.5 Å². The van der Waals surface area contributed by atoms with Gasteiger partial charge in [-0.1, -0.05) is 12.5 Å². The number of aliphatic hydroxyl groups excluding tert-OH is 1. The SMILES string of the molecule is CC(C)(C)OC(=O)C(O)C1=CCCCCC1. The van der Waals surface area contributed by atoms with Gasteiger partial charge in [0.2, 0.25) is 0 Å². The standard InChI is InChI=1S/C13H22O3/c1-13(2,3)16-12(15)11(14)10-8-6-4-5-7-9-10/h8,11,14H,4-7,9H2,1-3H3. The third-order valence-electron chi connectivity index (χ3n) is 2.56. The van der Waals surface area contributed by atoms with Gasteiger partial charge in [0, 0.05) is 0 Å². The molecular formula is C13H22O3. The molecule has 3 heteroatoms. The molecule has 3 nitrogen and oxygen atoms in total. The van der Waals surface area contributed by atoms with Crippen LogP contribution >= 0.6 is 0 Å². The molecule has 1 aliphatic carbocycles. The average molecular weight is 226 g/mol. The second-order valence-corrected chi connectivity index (χ2v) is 5.31. The highest BCUT2D eigenvalue weighted by atomic mass is 16.6. The van der Waals surface area contributed by atoms with E-state index in [1.54, 1.807) is 20.8 Å². The van der Waals surface area contributed by atoms with E-state index in [0.717, 1.165) is 31.3 Å². The van der Waals surface area contributed by atoms with Crippen molar-refractivity contribution >= 4 is 5.97 Å². The maximum absolute atomic E-state index is 11.7. The molecule has 0 aromatic heterocycles. The maximum Gasteiger partial charge on any atom is 0.339 e. The van der Waals surface area contributed by atoms with E-state index in [0.29, 0.717) is 0 Å². The summed E-state index contributed by atoms with van der Waals surface area (Å²) in [5.41, 5.74) is 0.287. The lowest BCUT2D eigenvalue weighted by molar-refractivity contribution is -0.163. The minimum Gasteiger partial charge on any atom is -0.458 e. The molecule has 0 amide bonds. The Morgan fingerprint density at radius 2 is 2.06 bits per heavy atom. The van der Waals surface area contributed by atoms with Crippen LogP contribution in [0.2, 0.25) is 0 Å². The molecule has 0 aliphatic heterocycles. The number of allylic oxidation sites excluding steroid dienone is 1. The second-order valence-electron chi connectivity index (χ2n) is 5.31. The van der Waals surface area contributed by atoms with Gasteiger partial charge in [0.15, 0.2) is 6.10 Å². The molecular weight excluding hydrogens is 204 g/mol. The van der Waals surface area contributed by atoms with Gasteiger partial charge >= 0.3 is 5.97 Å². The molecule has 16 heavy (non-hydrogen) atoms. The number of rotatable bonds is 2. The van der Waals surface area contributed by atoms with Crippen molar-refractivity contribution in [2.75, 3.05) is 0 Å². The summed E-state index contributed by atoms with van der Waals surface area (Å²) >= 11 is 0. The van der Waals surface area contributed by atoms with Crippen LogP contribution in [-0.2, 0) is 9.53 Å². The zero-order valence-electron chi connectivity index (χ0n) is 10.5. The van der Waals surface area contributed by atoms with E-state index < -0.39 is 17.7 Å². The summed E-state index contributed by atoms with van der Waals surface area (Å²) in [6.45, 7) is 5.41. The van der Waals surface area contributed by atoms with Crippen LogP contribution in [-0.4, -0.2) is 22.8 Å². The number of hydrogen-bond donors (Lipinski definition) is 1. The van der Waals surface area contributed by atoms with Crippen molar-refractivity contribution in [1.29, 1.82) is 0 Å². The average Bonchev–Trinajstić information content (AvgIpc) is 2.41. The summed E-state index contributed by atoms with van der Waals surface area (Å²) in [7, 11) is 0. The van der Waals surface area contributed by atoms with Crippen LogP contribution in [0.15, 0.2) is 11.6 Å². The third kappa shape index (κ3) is 4.35. The van der Waals surface area contributed by atoms with E-state index in [9.17, 15) is 9.90 Å². The van der Waals surface area contributed by atoms with Crippen LogP contribution in [0, 0.1) is 0 Å². The minimum atomic E-state index is -1.07. The second kappa shape index (κ2) is 5.48. The molecule has 0 radical (unpaired) electrons. The molecule has 1 aliphatic rings. The lowest BCUT2D eigenvalue weighted by atomic mass is 10.0. The number of hydrogen-bond acceptors (Lipinski definition) is 3.